The van der Waals surface area contributed by atoms with Crippen LogP contribution in [0.25, 0.3) is 10.9 Å². The Morgan fingerprint density at radius 3 is 2.88 bits per heavy atom. The predicted molar refractivity (Wildman–Crippen MR) is 132 cm³/mol. The van der Waals surface area contributed by atoms with Gasteiger partial charge in [-0.25, -0.2) is 0 Å². The highest BCUT2D eigenvalue weighted by atomic mass is 32.1. The topological polar surface area (TPSA) is 77.1 Å². The lowest BCUT2D eigenvalue weighted by atomic mass is 10.0. The second-order valence-corrected chi connectivity index (χ2v) is 10.4. The monoisotopic (exact) mass is 454 g/mol. The largest absolute Gasteiger partial charge is 0.361 e. The molecule has 1 saturated heterocycles. The lowest BCUT2D eigenvalue weighted by Gasteiger charge is -2.45. The molecule has 3 aromatic rings. The highest BCUT2D eigenvalue weighted by Crippen LogP contribution is 2.27. The number of amides is 1. The van der Waals surface area contributed by atoms with Gasteiger partial charge in [0.15, 0.2) is 0 Å². The van der Waals surface area contributed by atoms with E-state index < -0.39 is 0 Å². The minimum Gasteiger partial charge on any atom is -0.361 e. The second-order valence-electron chi connectivity index (χ2n) is 9.42. The molecule has 0 spiro atoms. The SMILES string of the molecule is CCCCC(Cc1c[nH]c2ccccc12)NC(=O)c1nnc(N2CCN(C)C(C)(C)C2)s1. The average molecular weight is 455 g/mol. The van der Waals surface area contributed by atoms with E-state index in [1.807, 2.05) is 6.07 Å². The van der Waals surface area contributed by atoms with Crippen molar-refractivity contribution in [1.29, 1.82) is 0 Å². The molecule has 32 heavy (non-hydrogen) atoms. The number of anilines is 1. The van der Waals surface area contributed by atoms with Gasteiger partial charge in [-0.1, -0.05) is 49.3 Å². The maximum absolute atomic E-state index is 13.0. The first-order valence-corrected chi connectivity index (χ1v) is 12.3. The summed E-state index contributed by atoms with van der Waals surface area (Å²) in [7, 11) is 2.15. The number of benzene rings is 1. The van der Waals surface area contributed by atoms with E-state index in [4.69, 9.17) is 0 Å². The lowest BCUT2D eigenvalue weighted by Crippen LogP contribution is -2.57. The van der Waals surface area contributed by atoms with Crippen LogP contribution >= 0.6 is 11.3 Å². The van der Waals surface area contributed by atoms with Gasteiger partial charge >= 0.3 is 0 Å². The number of nitrogens with zero attached hydrogens (tertiary/aromatic N) is 4. The molecule has 1 amide bonds. The fourth-order valence-electron chi connectivity index (χ4n) is 4.33. The number of para-hydroxylation sites is 1. The Labute approximate surface area is 194 Å². The molecule has 0 aliphatic carbocycles. The first kappa shape index (κ1) is 22.7. The van der Waals surface area contributed by atoms with Crippen LogP contribution in [-0.4, -0.2) is 64.3 Å². The summed E-state index contributed by atoms with van der Waals surface area (Å²) in [6, 6.07) is 8.38. The predicted octanol–water partition coefficient (Wildman–Crippen LogP) is 4.08. The van der Waals surface area contributed by atoms with Gasteiger partial charge in [0, 0.05) is 48.3 Å². The van der Waals surface area contributed by atoms with Crippen molar-refractivity contribution >= 4 is 33.3 Å². The molecule has 0 radical (unpaired) electrons. The van der Waals surface area contributed by atoms with E-state index in [1.165, 1.54) is 22.3 Å². The molecule has 1 aliphatic heterocycles. The Kier molecular flexibility index (Phi) is 6.81. The molecule has 4 rings (SSSR count). The molecule has 1 atom stereocenters. The summed E-state index contributed by atoms with van der Waals surface area (Å²) in [4.78, 5) is 21.0. The van der Waals surface area contributed by atoms with Crippen molar-refractivity contribution in [2.45, 2.75) is 58.0 Å². The summed E-state index contributed by atoms with van der Waals surface area (Å²) < 4.78 is 0. The normalized spacial score (nSPS) is 17.6. The van der Waals surface area contributed by atoms with E-state index >= 15 is 0 Å². The molecule has 172 valence electrons. The molecule has 1 unspecified atom stereocenters. The number of hydrogen-bond donors (Lipinski definition) is 2. The molecule has 0 saturated carbocycles. The van der Waals surface area contributed by atoms with Crippen molar-refractivity contribution in [2.24, 2.45) is 0 Å². The van der Waals surface area contributed by atoms with Gasteiger partial charge in [0.05, 0.1) is 0 Å². The van der Waals surface area contributed by atoms with Crippen molar-refractivity contribution in [3.63, 3.8) is 0 Å². The number of unbranched alkanes of at least 4 members (excludes halogenated alkanes) is 1. The summed E-state index contributed by atoms with van der Waals surface area (Å²) in [5.74, 6) is -0.122. The molecule has 2 aromatic heterocycles. The van der Waals surface area contributed by atoms with E-state index in [0.717, 1.165) is 56.0 Å². The van der Waals surface area contributed by atoms with Gasteiger partial charge in [-0.2, -0.15) is 0 Å². The van der Waals surface area contributed by atoms with Crippen LogP contribution in [0, 0.1) is 0 Å². The van der Waals surface area contributed by atoms with Crippen molar-refractivity contribution < 1.29 is 4.79 Å². The minimum atomic E-state index is -0.122. The number of H-pyrrole nitrogens is 1. The first-order chi connectivity index (χ1) is 15.4. The number of aromatic nitrogens is 3. The van der Waals surface area contributed by atoms with Gasteiger partial charge < -0.3 is 15.2 Å². The number of rotatable bonds is 8. The quantitative estimate of drug-likeness (QED) is 0.536. The standard InChI is InChI=1S/C24H34N6OS/c1-5-6-9-18(14-17-15-25-20-11-8-7-10-19(17)20)26-21(31)22-27-28-23(32-22)30-13-12-29(4)24(2,3)16-30/h7-8,10-11,15,18,25H,5-6,9,12-14,16H2,1-4H3,(H,26,31). The Bertz CT molecular complexity index is 1060. The summed E-state index contributed by atoms with van der Waals surface area (Å²) >= 11 is 1.39. The molecule has 1 aromatic carbocycles. The highest BCUT2D eigenvalue weighted by molar-refractivity contribution is 7.17. The summed E-state index contributed by atoms with van der Waals surface area (Å²) in [6.45, 7) is 9.39. The Hall–Kier alpha value is -2.45. The van der Waals surface area contributed by atoms with Crippen LogP contribution in [-0.2, 0) is 6.42 Å². The van der Waals surface area contributed by atoms with Gasteiger partial charge in [0.1, 0.15) is 0 Å². The van der Waals surface area contributed by atoms with Crippen LogP contribution in [0.3, 0.4) is 0 Å². The Morgan fingerprint density at radius 1 is 1.28 bits per heavy atom. The van der Waals surface area contributed by atoms with Crippen molar-refractivity contribution in [3.8, 4) is 0 Å². The zero-order chi connectivity index (χ0) is 22.7. The minimum absolute atomic E-state index is 0.0663. The third-order valence-electron chi connectivity index (χ3n) is 6.58. The van der Waals surface area contributed by atoms with E-state index in [2.05, 4.69) is 82.5 Å². The van der Waals surface area contributed by atoms with Crippen molar-refractivity contribution in [1.82, 2.24) is 25.4 Å². The molecule has 8 heteroatoms. The number of nitrogens with one attached hydrogen (secondary N) is 2. The van der Waals surface area contributed by atoms with E-state index in [9.17, 15) is 4.79 Å². The molecular weight excluding hydrogens is 420 g/mol. The second kappa shape index (κ2) is 9.58. The number of hydrogen-bond acceptors (Lipinski definition) is 6. The molecule has 0 bridgehead atoms. The fourth-order valence-corrected chi connectivity index (χ4v) is 5.10. The third-order valence-corrected chi connectivity index (χ3v) is 7.56. The average Bonchev–Trinajstić information content (AvgIpc) is 3.42. The number of aromatic amines is 1. The number of fused-ring (bicyclic) bond motifs is 1. The summed E-state index contributed by atoms with van der Waals surface area (Å²) in [6.07, 6.45) is 5.98. The van der Waals surface area contributed by atoms with Crippen LogP contribution in [0.5, 0.6) is 0 Å². The molecule has 1 aliphatic rings. The number of likely N-dealkylation sites (N-methyl/N-ethyl adjacent to an activating group) is 1. The summed E-state index contributed by atoms with van der Waals surface area (Å²) in [5.41, 5.74) is 2.43. The van der Waals surface area contributed by atoms with Crippen LogP contribution in [0.15, 0.2) is 30.5 Å². The maximum Gasteiger partial charge on any atom is 0.282 e. The van der Waals surface area contributed by atoms with E-state index in [1.54, 1.807) is 0 Å². The molecule has 7 nitrogen and oxygen atoms in total. The smallest absolute Gasteiger partial charge is 0.282 e. The number of piperazine rings is 1. The Balaban J connectivity index is 1.44. The van der Waals surface area contributed by atoms with E-state index in [-0.39, 0.29) is 17.5 Å². The third kappa shape index (κ3) is 4.96. The van der Waals surface area contributed by atoms with Crippen LogP contribution in [0.1, 0.15) is 55.4 Å². The fraction of sp³-hybridized carbons (Fsp3) is 0.542. The lowest BCUT2D eigenvalue weighted by molar-refractivity contribution is 0.0933. The van der Waals surface area contributed by atoms with Crippen molar-refractivity contribution in [3.05, 3.63) is 41.0 Å². The molecular formula is C24H34N6OS. The molecule has 1 fully saturated rings. The summed E-state index contributed by atoms with van der Waals surface area (Å²) in [5, 5.41) is 14.3. The number of carbonyl (C=O) groups is 1. The van der Waals surface area contributed by atoms with Crippen LogP contribution < -0.4 is 10.2 Å². The molecule has 3 heterocycles. The van der Waals surface area contributed by atoms with Gasteiger partial charge in [0.2, 0.25) is 10.1 Å². The van der Waals surface area contributed by atoms with Crippen molar-refractivity contribution in [2.75, 3.05) is 31.6 Å². The maximum atomic E-state index is 13.0. The zero-order valence-electron chi connectivity index (χ0n) is 19.5. The molecule has 2 N–H and O–H groups in total. The van der Waals surface area contributed by atoms with Gasteiger partial charge in [-0.3, -0.25) is 9.69 Å². The van der Waals surface area contributed by atoms with Crippen LogP contribution in [0.2, 0.25) is 0 Å². The highest BCUT2D eigenvalue weighted by Gasteiger charge is 2.33. The Morgan fingerprint density at radius 2 is 2.09 bits per heavy atom. The van der Waals surface area contributed by atoms with Crippen LogP contribution in [0.4, 0.5) is 5.13 Å². The van der Waals surface area contributed by atoms with Gasteiger partial charge in [-0.05, 0) is 45.4 Å². The van der Waals surface area contributed by atoms with Gasteiger partial charge in [0.25, 0.3) is 5.91 Å². The zero-order valence-corrected chi connectivity index (χ0v) is 20.3. The number of carbonyl (C=O) groups excluding carboxylic acids is 1. The first-order valence-electron chi connectivity index (χ1n) is 11.5. The van der Waals surface area contributed by atoms with Gasteiger partial charge in [-0.15, -0.1) is 10.2 Å². The van der Waals surface area contributed by atoms with E-state index in [0.29, 0.717) is 5.01 Å².